The number of rotatable bonds is 5. The minimum Gasteiger partial charge on any atom is -0.497 e. The third kappa shape index (κ3) is 3.85. The van der Waals surface area contributed by atoms with Gasteiger partial charge in [0.1, 0.15) is 11.5 Å². The van der Waals surface area contributed by atoms with Gasteiger partial charge in [0.15, 0.2) is 0 Å². The molecule has 0 radical (unpaired) electrons. The Morgan fingerprint density at radius 3 is 2.27 bits per heavy atom. The van der Waals surface area contributed by atoms with Gasteiger partial charge in [-0.2, -0.15) is 0 Å². The van der Waals surface area contributed by atoms with E-state index in [2.05, 4.69) is 0 Å². The normalized spacial score (nSPS) is 20.6. The lowest BCUT2D eigenvalue weighted by molar-refractivity contribution is -0.133. The number of amides is 2. The standard InChI is InChI=1S/C24H23NO5/c1-15-3-12-20-21(13-15)24(28)25(23(20)27)17-6-10-19(11-7-17)30-22(26)14-16-4-8-18(29-2)9-5-16/h3-11,20-21H,12-14H2,1-2H3. The molecule has 2 amide bonds. The molecule has 1 fully saturated rings. The molecule has 1 aliphatic carbocycles. The molecule has 154 valence electrons. The highest BCUT2D eigenvalue weighted by Gasteiger charge is 2.48. The van der Waals surface area contributed by atoms with E-state index in [-0.39, 0.29) is 30.1 Å². The summed E-state index contributed by atoms with van der Waals surface area (Å²) in [6, 6.07) is 13.7. The summed E-state index contributed by atoms with van der Waals surface area (Å²) in [6.45, 7) is 1.99. The highest BCUT2D eigenvalue weighted by Crippen LogP contribution is 2.39. The van der Waals surface area contributed by atoms with Gasteiger partial charge >= 0.3 is 5.97 Å². The first-order valence-corrected chi connectivity index (χ1v) is 9.93. The van der Waals surface area contributed by atoms with E-state index in [4.69, 9.17) is 9.47 Å². The van der Waals surface area contributed by atoms with Crippen molar-refractivity contribution < 1.29 is 23.9 Å². The van der Waals surface area contributed by atoms with Crippen molar-refractivity contribution in [2.24, 2.45) is 11.8 Å². The smallest absolute Gasteiger partial charge is 0.315 e. The Hall–Kier alpha value is -3.41. The summed E-state index contributed by atoms with van der Waals surface area (Å²) < 4.78 is 10.5. The summed E-state index contributed by atoms with van der Waals surface area (Å²) in [6.07, 6.45) is 3.41. The number of methoxy groups -OCH3 is 1. The van der Waals surface area contributed by atoms with E-state index >= 15 is 0 Å². The SMILES string of the molecule is COc1ccc(CC(=O)Oc2ccc(N3C(=O)C4CC=C(C)CC4C3=O)cc2)cc1. The van der Waals surface area contributed by atoms with Gasteiger partial charge in [-0.05, 0) is 61.7 Å². The average molecular weight is 405 g/mol. The first-order valence-electron chi connectivity index (χ1n) is 9.93. The molecule has 6 heteroatoms. The van der Waals surface area contributed by atoms with Gasteiger partial charge < -0.3 is 9.47 Å². The maximum atomic E-state index is 12.8. The summed E-state index contributed by atoms with van der Waals surface area (Å²) >= 11 is 0. The second-order valence-corrected chi connectivity index (χ2v) is 7.71. The third-order valence-electron chi connectivity index (χ3n) is 5.66. The van der Waals surface area contributed by atoms with Gasteiger partial charge in [0.25, 0.3) is 0 Å². The largest absolute Gasteiger partial charge is 0.497 e. The summed E-state index contributed by atoms with van der Waals surface area (Å²) in [5.74, 6) is -0.160. The van der Waals surface area contributed by atoms with Crippen molar-refractivity contribution in [1.82, 2.24) is 0 Å². The zero-order valence-electron chi connectivity index (χ0n) is 17.0. The number of ether oxygens (including phenoxy) is 2. The molecule has 1 saturated heterocycles. The van der Waals surface area contributed by atoms with Gasteiger partial charge in [-0.1, -0.05) is 23.8 Å². The maximum Gasteiger partial charge on any atom is 0.315 e. The number of carbonyl (C=O) groups is 3. The Kier molecular flexibility index (Phi) is 5.40. The molecule has 2 aromatic rings. The van der Waals surface area contributed by atoms with Crippen molar-refractivity contribution in [3.8, 4) is 11.5 Å². The van der Waals surface area contributed by atoms with E-state index in [0.717, 1.165) is 16.9 Å². The van der Waals surface area contributed by atoms with Gasteiger partial charge in [-0.25, -0.2) is 0 Å². The first-order chi connectivity index (χ1) is 14.5. The van der Waals surface area contributed by atoms with Gasteiger partial charge in [0.2, 0.25) is 11.8 Å². The summed E-state index contributed by atoms with van der Waals surface area (Å²) in [4.78, 5) is 39.0. The number of anilines is 1. The van der Waals surface area contributed by atoms with Gasteiger partial charge in [0, 0.05) is 0 Å². The number of nitrogens with zero attached hydrogens (tertiary/aromatic N) is 1. The van der Waals surface area contributed by atoms with E-state index in [0.29, 0.717) is 24.3 Å². The van der Waals surface area contributed by atoms with Crippen LogP contribution in [0.2, 0.25) is 0 Å². The average Bonchev–Trinajstić information content (AvgIpc) is 2.99. The predicted octanol–water partition coefficient (Wildman–Crippen LogP) is 3.69. The van der Waals surface area contributed by atoms with Crippen molar-refractivity contribution in [2.75, 3.05) is 12.0 Å². The number of benzene rings is 2. The number of esters is 1. The molecule has 1 heterocycles. The van der Waals surface area contributed by atoms with Crippen LogP contribution in [0.15, 0.2) is 60.2 Å². The quantitative estimate of drug-likeness (QED) is 0.328. The van der Waals surface area contributed by atoms with Crippen molar-refractivity contribution in [3.63, 3.8) is 0 Å². The third-order valence-corrected chi connectivity index (χ3v) is 5.66. The molecule has 6 nitrogen and oxygen atoms in total. The lowest BCUT2D eigenvalue weighted by atomic mass is 9.82. The van der Waals surface area contributed by atoms with Crippen LogP contribution in [-0.4, -0.2) is 24.9 Å². The molecular formula is C24H23NO5. The zero-order chi connectivity index (χ0) is 21.3. The Morgan fingerprint density at radius 1 is 0.967 bits per heavy atom. The molecule has 0 aromatic heterocycles. The minimum atomic E-state index is -0.395. The summed E-state index contributed by atoms with van der Waals surface area (Å²) in [5, 5.41) is 0. The van der Waals surface area contributed by atoms with E-state index in [1.807, 2.05) is 25.1 Å². The summed E-state index contributed by atoms with van der Waals surface area (Å²) in [7, 11) is 1.59. The number of fused-ring (bicyclic) bond motifs is 1. The van der Waals surface area contributed by atoms with Crippen LogP contribution in [0.25, 0.3) is 0 Å². The van der Waals surface area contributed by atoms with E-state index in [1.54, 1.807) is 43.5 Å². The van der Waals surface area contributed by atoms with Crippen LogP contribution < -0.4 is 14.4 Å². The molecule has 1 aliphatic heterocycles. The van der Waals surface area contributed by atoms with Crippen LogP contribution in [0.5, 0.6) is 11.5 Å². The van der Waals surface area contributed by atoms with Crippen molar-refractivity contribution in [2.45, 2.75) is 26.2 Å². The Balaban J connectivity index is 1.41. The number of allylic oxidation sites excluding steroid dienone is 2. The second-order valence-electron chi connectivity index (χ2n) is 7.71. The fourth-order valence-electron chi connectivity index (χ4n) is 4.03. The van der Waals surface area contributed by atoms with Gasteiger partial charge in [0.05, 0.1) is 31.1 Å². The Labute approximate surface area is 175 Å². The van der Waals surface area contributed by atoms with Gasteiger partial charge in [-0.15, -0.1) is 0 Å². The number of hydrogen-bond donors (Lipinski definition) is 0. The number of carbonyl (C=O) groups excluding carboxylic acids is 3. The molecule has 0 spiro atoms. The Bertz CT molecular complexity index is 1010. The molecule has 30 heavy (non-hydrogen) atoms. The highest BCUT2D eigenvalue weighted by molar-refractivity contribution is 6.22. The molecule has 2 aromatic carbocycles. The second kappa shape index (κ2) is 8.14. The Morgan fingerprint density at radius 2 is 1.60 bits per heavy atom. The molecule has 0 saturated carbocycles. The van der Waals surface area contributed by atoms with E-state index in [9.17, 15) is 14.4 Å². The number of hydrogen-bond acceptors (Lipinski definition) is 5. The van der Waals surface area contributed by atoms with Crippen LogP contribution in [-0.2, 0) is 20.8 Å². The maximum absolute atomic E-state index is 12.8. The fraction of sp³-hybridized carbons (Fsp3) is 0.292. The minimum absolute atomic E-state index is 0.130. The highest BCUT2D eigenvalue weighted by atomic mass is 16.5. The molecule has 2 aliphatic rings. The predicted molar refractivity (Wildman–Crippen MR) is 111 cm³/mol. The first kappa shape index (κ1) is 19.9. The van der Waals surface area contributed by atoms with E-state index < -0.39 is 5.97 Å². The zero-order valence-corrected chi connectivity index (χ0v) is 17.0. The van der Waals surface area contributed by atoms with Crippen molar-refractivity contribution in [1.29, 1.82) is 0 Å². The molecule has 2 unspecified atom stereocenters. The van der Waals surface area contributed by atoms with Crippen LogP contribution in [0.4, 0.5) is 5.69 Å². The van der Waals surface area contributed by atoms with Gasteiger partial charge in [-0.3, -0.25) is 19.3 Å². The lowest BCUT2D eigenvalue weighted by Gasteiger charge is -2.18. The summed E-state index contributed by atoms with van der Waals surface area (Å²) in [5.41, 5.74) is 2.47. The van der Waals surface area contributed by atoms with Crippen LogP contribution >= 0.6 is 0 Å². The van der Waals surface area contributed by atoms with Crippen LogP contribution in [0, 0.1) is 11.8 Å². The molecular weight excluding hydrogens is 382 g/mol. The van der Waals surface area contributed by atoms with Crippen molar-refractivity contribution >= 4 is 23.5 Å². The van der Waals surface area contributed by atoms with E-state index in [1.165, 1.54) is 4.90 Å². The monoisotopic (exact) mass is 405 g/mol. The molecule has 0 N–H and O–H groups in total. The molecule has 2 atom stereocenters. The van der Waals surface area contributed by atoms with Crippen LogP contribution in [0.1, 0.15) is 25.3 Å². The number of imide groups is 1. The lowest BCUT2D eigenvalue weighted by Crippen LogP contribution is -2.30. The topological polar surface area (TPSA) is 72.9 Å². The molecule has 0 bridgehead atoms. The van der Waals surface area contributed by atoms with Crippen molar-refractivity contribution in [3.05, 3.63) is 65.7 Å². The molecule has 4 rings (SSSR count). The van der Waals surface area contributed by atoms with Crippen LogP contribution in [0.3, 0.4) is 0 Å². The fourth-order valence-corrected chi connectivity index (χ4v) is 4.03.